The molecule has 0 aliphatic heterocycles. The van der Waals surface area contributed by atoms with Gasteiger partial charge in [0.05, 0.1) is 24.8 Å². The van der Waals surface area contributed by atoms with Crippen LogP contribution in [-0.2, 0) is 26.2 Å². The molecule has 0 spiro atoms. The minimum absolute atomic E-state index is 0.0836. The number of hydrogen-bond donors (Lipinski definition) is 1. The number of methoxy groups -OCH3 is 2. The molecule has 1 N–H and O–H groups in total. The van der Waals surface area contributed by atoms with E-state index >= 15 is 0 Å². The van der Waals surface area contributed by atoms with Crippen molar-refractivity contribution in [2.45, 2.75) is 57.5 Å². The van der Waals surface area contributed by atoms with Crippen LogP contribution in [-0.4, -0.2) is 58.5 Å². The van der Waals surface area contributed by atoms with Crippen LogP contribution in [0.2, 0.25) is 0 Å². The fourth-order valence-corrected chi connectivity index (χ4v) is 5.99. The molecule has 0 bridgehead atoms. The van der Waals surface area contributed by atoms with Crippen molar-refractivity contribution in [1.29, 1.82) is 0 Å². The lowest BCUT2D eigenvalue weighted by Crippen LogP contribution is -2.52. The Morgan fingerprint density at radius 2 is 1.58 bits per heavy atom. The van der Waals surface area contributed by atoms with E-state index in [4.69, 9.17) is 9.47 Å². The highest BCUT2D eigenvalue weighted by Gasteiger charge is 2.34. The van der Waals surface area contributed by atoms with Crippen molar-refractivity contribution in [3.8, 4) is 11.5 Å². The Kier molecular flexibility index (Phi) is 11.9. The highest BCUT2D eigenvalue weighted by atomic mass is 32.2. The number of hydrogen-bond acceptors (Lipinski definition) is 6. The number of carbonyl (C=O) groups excluding carboxylic acids is 2. The number of rotatable bonds is 15. The molecule has 0 saturated heterocycles. The molecule has 43 heavy (non-hydrogen) atoms. The van der Waals surface area contributed by atoms with Crippen molar-refractivity contribution < 1.29 is 31.9 Å². The molecule has 1 atom stereocenters. The van der Waals surface area contributed by atoms with Gasteiger partial charge in [-0.05, 0) is 61.7 Å². The monoisotopic (exact) mass is 613 g/mol. The van der Waals surface area contributed by atoms with E-state index in [-0.39, 0.29) is 28.8 Å². The van der Waals surface area contributed by atoms with Gasteiger partial charge in [-0.1, -0.05) is 50.1 Å². The van der Waals surface area contributed by atoms with Gasteiger partial charge in [-0.3, -0.25) is 13.9 Å². The van der Waals surface area contributed by atoms with E-state index in [1.165, 1.54) is 49.5 Å². The lowest BCUT2D eigenvalue weighted by molar-refractivity contribution is -0.140. The smallest absolute Gasteiger partial charge is 0.264 e. The van der Waals surface area contributed by atoms with Crippen LogP contribution < -0.4 is 19.1 Å². The van der Waals surface area contributed by atoms with Crippen LogP contribution in [0.5, 0.6) is 11.5 Å². The van der Waals surface area contributed by atoms with Crippen molar-refractivity contribution in [3.05, 3.63) is 83.7 Å². The molecule has 11 heteroatoms. The number of nitrogens with one attached hydrogen (secondary N) is 1. The van der Waals surface area contributed by atoms with Crippen molar-refractivity contribution in [2.75, 3.05) is 31.6 Å². The molecular weight excluding hydrogens is 573 g/mol. The zero-order chi connectivity index (χ0) is 31.6. The third-order valence-electron chi connectivity index (χ3n) is 7.03. The molecule has 3 aromatic rings. The van der Waals surface area contributed by atoms with Crippen LogP contribution in [0.25, 0.3) is 0 Å². The van der Waals surface area contributed by atoms with Gasteiger partial charge >= 0.3 is 0 Å². The Labute approximate surface area is 253 Å². The van der Waals surface area contributed by atoms with Gasteiger partial charge in [-0.2, -0.15) is 0 Å². The number of anilines is 1. The molecule has 0 unspecified atom stereocenters. The largest absolute Gasteiger partial charge is 0.493 e. The summed E-state index contributed by atoms with van der Waals surface area (Å²) in [5, 5.41) is 2.90. The molecule has 0 aromatic heterocycles. The summed E-state index contributed by atoms with van der Waals surface area (Å²) in [5.41, 5.74) is 1.91. The first-order chi connectivity index (χ1) is 20.5. The molecule has 3 rings (SSSR count). The quantitative estimate of drug-likeness (QED) is 0.240. The number of aryl methyl sites for hydroxylation is 1. The van der Waals surface area contributed by atoms with Gasteiger partial charge < -0.3 is 19.7 Å². The first kappa shape index (κ1) is 33.4. The van der Waals surface area contributed by atoms with Crippen molar-refractivity contribution in [3.63, 3.8) is 0 Å². The fourth-order valence-electron chi connectivity index (χ4n) is 4.56. The zero-order valence-electron chi connectivity index (χ0n) is 25.3. The average molecular weight is 614 g/mol. The second-order valence-corrected chi connectivity index (χ2v) is 11.9. The van der Waals surface area contributed by atoms with E-state index < -0.39 is 34.3 Å². The SMILES string of the molecule is CCCCNC(=O)[C@@H](CC)N(Cc1ccc(C)cc1)C(=O)CN(c1ccc(F)cc1)S(=O)(=O)c1ccc(OC)c(OC)c1. The average Bonchev–Trinajstić information content (AvgIpc) is 3.00. The summed E-state index contributed by atoms with van der Waals surface area (Å²) in [6.07, 6.45) is 1.99. The molecule has 232 valence electrons. The third kappa shape index (κ3) is 8.47. The zero-order valence-corrected chi connectivity index (χ0v) is 26.1. The number of sulfonamides is 1. The Morgan fingerprint density at radius 1 is 0.930 bits per heavy atom. The van der Waals surface area contributed by atoms with E-state index in [0.717, 1.165) is 40.4 Å². The van der Waals surface area contributed by atoms with Gasteiger partial charge in [0.1, 0.15) is 18.4 Å². The number of halogens is 1. The molecule has 0 fully saturated rings. The highest BCUT2D eigenvalue weighted by Crippen LogP contribution is 2.32. The van der Waals surface area contributed by atoms with Gasteiger partial charge in [0.15, 0.2) is 11.5 Å². The second kappa shape index (κ2) is 15.4. The van der Waals surface area contributed by atoms with Crippen LogP contribution in [0.15, 0.2) is 71.6 Å². The van der Waals surface area contributed by atoms with Crippen LogP contribution >= 0.6 is 0 Å². The van der Waals surface area contributed by atoms with Gasteiger partial charge in [-0.25, -0.2) is 12.8 Å². The van der Waals surface area contributed by atoms with E-state index in [9.17, 15) is 22.4 Å². The molecule has 0 radical (unpaired) electrons. The molecule has 0 aliphatic rings. The number of benzene rings is 3. The Morgan fingerprint density at radius 3 is 2.16 bits per heavy atom. The Balaban J connectivity index is 2.06. The lowest BCUT2D eigenvalue weighted by Gasteiger charge is -2.33. The van der Waals surface area contributed by atoms with Crippen molar-refractivity contribution in [2.24, 2.45) is 0 Å². The maximum atomic E-state index is 14.1. The third-order valence-corrected chi connectivity index (χ3v) is 8.80. The first-order valence-electron chi connectivity index (χ1n) is 14.2. The first-order valence-corrected chi connectivity index (χ1v) is 15.6. The summed E-state index contributed by atoms with van der Waals surface area (Å²) in [4.78, 5) is 28.7. The lowest BCUT2D eigenvalue weighted by atomic mass is 10.1. The summed E-state index contributed by atoms with van der Waals surface area (Å²) < 4.78 is 53.5. The van der Waals surface area contributed by atoms with E-state index in [1.54, 1.807) is 6.92 Å². The maximum Gasteiger partial charge on any atom is 0.264 e. The van der Waals surface area contributed by atoms with Gasteiger partial charge in [0, 0.05) is 19.2 Å². The van der Waals surface area contributed by atoms with Crippen molar-refractivity contribution in [1.82, 2.24) is 10.2 Å². The van der Waals surface area contributed by atoms with Gasteiger partial charge in [0.25, 0.3) is 10.0 Å². The van der Waals surface area contributed by atoms with Crippen molar-refractivity contribution >= 4 is 27.5 Å². The maximum absolute atomic E-state index is 14.1. The summed E-state index contributed by atoms with van der Waals surface area (Å²) in [5.74, 6) is -0.951. The second-order valence-electron chi connectivity index (χ2n) is 10.1. The molecular formula is C32H40FN3O6S. The normalized spacial score (nSPS) is 11.9. The standard InChI is InChI=1S/C32H40FN3O6S/c1-6-8-19-34-32(38)28(7-2)35(21-24-11-9-23(3)10-12-24)31(37)22-36(26-15-13-25(33)14-16-26)43(39,40)27-17-18-29(41-4)30(20-27)42-5/h9-18,20,28H,6-8,19,21-22H2,1-5H3,(H,34,38)/t28-/m1/s1. The van der Waals surface area contributed by atoms with Crippen LogP contribution in [0.3, 0.4) is 0 Å². The minimum Gasteiger partial charge on any atom is -0.493 e. The number of unbranched alkanes of at least 4 members (excludes halogenated alkanes) is 1. The Bertz CT molecular complexity index is 1480. The minimum atomic E-state index is -4.37. The van der Waals surface area contributed by atoms with Gasteiger partial charge in [0.2, 0.25) is 11.8 Å². The number of amides is 2. The van der Waals surface area contributed by atoms with Crippen LogP contribution in [0.1, 0.15) is 44.2 Å². The molecule has 0 heterocycles. The summed E-state index contributed by atoms with van der Waals surface area (Å²) >= 11 is 0. The van der Waals surface area contributed by atoms with Gasteiger partial charge in [-0.15, -0.1) is 0 Å². The predicted molar refractivity (Wildman–Crippen MR) is 164 cm³/mol. The van der Waals surface area contributed by atoms with E-state index in [1.807, 2.05) is 38.1 Å². The highest BCUT2D eigenvalue weighted by molar-refractivity contribution is 7.92. The summed E-state index contributed by atoms with van der Waals surface area (Å²) in [6, 6.07) is 15.6. The molecule has 9 nitrogen and oxygen atoms in total. The van der Waals surface area contributed by atoms with E-state index in [0.29, 0.717) is 18.7 Å². The molecule has 2 amide bonds. The summed E-state index contributed by atoms with van der Waals surface area (Å²) in [6.45, 7) is 5.69. The number of nitrogens with zero attached hydrogens (tertiary/aromatic N) is 2. The predicted octanol–water partition coefficient (Wildman–Crippen LogP) is 5.07. The Hall–Kier alpha value is -4.12. The number of ether oxygens (including phenoxy) is 2. The van der Waals surface area contributed by atoms with Crippen LogP contribution in [0.4, 0.5) is 10.1 Å². The topological polar surface area (TPSA) is 105 Å². The van der Waals surface area contributed by atoms with Crippen LogP contribution in [0, 0.1) is 12.7 Å². The summed E-state index contributed by atoms with van der Waals surface area (Å²) in [7, 11) is -1.56. The van der Waals surface area contributed by atoms with E-state index in [2.05, 4.69) is 5.32 Å². The molecule has 0 aliphatic carbocycles. The molecule has 0 saturated carbocycles. The fraction of sp³-hybridized carbons (Fsp3) is 0.375. The number of carbonyl (C=O) groups is 2. The molecule has 3 aromatic carbocycles.